The van der Waals surface area contributed by atoms with E-state index in [-0.39, 0.29) is 5.78 Å². The molecule has 7 heavy (non-hydrogen) atoms. The maximum Gasteiger partial charge on any atom is 0.156 e. The largest absolute Gasteiger partial charge is 0.295 e. The van der Waals surface area contributed by atoms with Gasteiger partial charge in [0.05, 0.1) is 0 Å². The minimum Gasteiger partial charge on any atom is -0.295 e. The summed E-state index contributed by atoms with van der Waals surface area (Å²) in [5.41, 5.74) is 1.00. The highest BCUT2D eigenvalue weighted by Gasteiger charge is 1.80. The van der Waals surface area contributed by atoms with Gasteiger partial charge in [0.15, 0.2) is 5.78 Å². The number of carbonyl (C=O) groups is 1. The van der Waals surface area contributed by atoms with E-state index in [1.54, 1.807) is 0 Å². The first kappa shape index (κ1) is 6.41. The molecule has 1 heteroatoms. The van der Waals surface area contributed by atoms with Crippen LogP contribution >= 0.6 is 0 Å². The van der Waals surface area contributed by atoms with Crippen molar-refractivity contribution in [2.45, 2.75) is 13.8 Å². The van der Waals surface area contributed by atoms with E-state index in [9.17, 15) is 4.79 Å². The van der Waals surface area contributed by atoms with Crippen molar-refractivity contribution in [1.82, 2.24) is 0 Å². The molecule has 0 heterocycles. The Bertz CT molecular complexity index is 96.7. The minimum atomic E-state index is -0.125. The molecule has 0 aromatic carbocycles. The summed E-state index contributed by atoms with van der Waals surface area (Å²) in [5, 5.41) is 0. The van der Waals surface area contributed by atoms with Gasteiger partial charge < -0.3 is 0 Å². The third-order valence-electron chi connectivity index (χ3n) is 0.450. The van der Waals surface area contributed by atoms with Crippen LogP contribution in [0.15, 0.2) is 11.6 Å². The van der Waals surface area contributed by atoms with E-state index in [2.05, 4.69) is 6.92 Å². The molecule has 0 aliphatic carbocycles. The van der Waals surface area contributed by atoms with Gasteiger partial charge in [-0.05, 0) is 19.9 Å². The molecule has 39 valence electrons. The summed E-state index contributed by atoms with van der Waals surface area (Å²) in [6, 6.07) is 0. The number of carbonyl (C=O) groups excluding carboxylic acids is 1. The van der Waals surface area contributed by atoms with Crippen molar-refractivity contribution >= 4 is 5.78 Å². The predicted octanol–water partition coefficient (Wildman–Crippen LogP) is 1.36. The molecule has 0 spiro atoms. The van der Waals surface area contributed by atoms with Crippen molar-refractivity contribution in [3.05, 3.63) is 18.6 Å². The van der Waals surface area contributed by atoms with Crippen LogP contribution < -0.4 is 0 Å². The van der Waals surface area contributed by atoms with Crippen molar-refractivity contribution in [3.8, 4) is 0 Å². The van der Waals surface area contributed by atoms with E-state index in [1.165, 1.54) is 6.08 Å². The number of hydrogen-bond donors (Lipinski definition) is 0. The third kappa shape index (κ3) is 5.41. The molecule has 0 rings (SSSR count). The van der Waals surface area contributed by atoms with Crippen molar-refractivity contribution in [3.63, 3.8) is 0 Å². The van der Waals surface area contributed by atoms with Crippen molar-refractivity contribution < 1.29 is 4.79 Å². The molecular weight excluding hydrogens is 88.1 g/mol. The fourth-order valence-corrected chi connectivity index (χ4v) is 0.322. The van der Waals surface area contributed by atoms with Gasteiger partial charge in [0.2, 0.25) is 0 Å². The Morgan fingerprint density at radius 2 is 2.00 bits per heavy atom. The smallest absolute Gasteiger partial charge is 0.156 e. The Labute approximate surface area is 44.0 Å². The van der Waals surface area contributed by atoms with Gasteiger partial charge in [-0.15, -0.1) is 0 Å². The maximum absolute atomic E-state index is 10.1. The molecule has 0 atom stereocenters. The summed E-state index contributed by atoms with van der Waals surface area (Å²) >= 11 is 0. The summed E-state index contributed by atoms with van der Waals surface area (Å²) in [6.45, 7) is 6.89. The third-order valence-corrected chi connectivity index (χ3v) is 0.450. The molecule has 0 N–H and O–H groups in total. The molecule has 1 nitrogen and oxygen atoms in total. The van der Waals surface area contributed by atoms with Crippen molar-refractivity contribution in [2.75, 3.05) is 0 Å². The summed E-state index contributed by atoms with van der Waals surface area (Å²) in [7, 11) is 0. The maximum atomic E-state index is 10.1. The normalized spacial score (nSPS) is 7.86. The number of hydrogen-bond acceptors (Lipinski definition) is 1. The molecule has 1 radical (unpaired) electrons. The summed E-state index contributed by atoms with van der Waals surface area (Å²) in [5.74, 6) is -0.125. The first-order chi connectivity index (χ1) is 3.13. The number of allylic oxidation sites excluding steroid dienone is 2. The molecule has 0 amide bonds. The molecule has 0 bridgehead atoms. The molecule has 0 aromatic heterocycles. The lowest BCUT2D eigenvalue weighted by Crippen LogP contribution is -1.81. The topological polar surface area (TPSA) is 17.1 Å². The first-order valence-electron chi connectivity index (χ1n) is 2.14. The highest BCUT2D eigenvalue weighted by Crippen LogP contribution is 1.86. The van der Waals surface area contributed by atoms with Crippen LogP contribution in [0.5, 0.6) is 0 Å². The average Bonchev–Trinajstić information content (AvgIpc) is 1.27. The van der Waals surface area contributed by atoms with Crippen molar-refractivity contribution in [1.29, 1.82) is 0 Å². The van der Waals surface area contributed by atoms with Crippen LogP contribution in [0.1, 0.15) is 13.8 Å². The predicted molar refractivity (Wildman–Crippen MR) is 29.8 cm³/mol. The molecule has 0 saturated heterocycles. The summed E-state index contributed by atoms with van der Waals surface area (Å²) < 4.78 is 0. The van der Waals surface area contributed by atoms with Gasteiger partial charge in [0.25, 0.3) is 0 Å². The summed E-state index contributed by atoms with van der Waals surface area (Å²) in [6.07, 6.45) is 1.50. The van der Waals surface area contributed by atoms with Crippen LogP contribution in [0.3, 0.4) is 0 Å². The van der Waals surface area contributed by atoms with Crippen LogP contribution in [0.2, 0.25) is 0 Å². The standard InChI is InChI=1S/C6H9O/c1-5(2)4-6(3)7/h4H,3H2,1-2H3. The van der Waals surface area contributed by atoms with E-state index in [0.717, 1.165) is 5.57 Å². The molecule has 0 aromatic rings. The second-order valence-electron chi connectivity index (χ2n) is 1.69. The Balaban J connectivity index is 3.68. The second-order valence-corrected chi connectivity index (χ2v) is 1.69. The van der Waals surface area contributed by atoms with Crippen LogP contribution in [-0.2, 0) is 4.79 Å². The van der Waals surface area contributed by atoms with Gasteiger partial charge in [0, 0.05) is 6.92 Å². The van der Waals surface area contributed by atoms with E-state index in [0.29, 0.717) is 0 Å². The van der Waals surface area contributed by atoms with Gasteiger partial charge in [-0.3, -0.25) is 4.79 Å². The highest BCUT2D eigenvalue weighted by molar-refractivity contribution is 5.93. The Kier molecular flexibility index (Phi) is 2.34. The first-order valence-corrected chi connectivity index (χ1v) is 2.14. The van der Waals surface area contributed by atoms with Gasteiger partial charge in [-0.1, -0.05) is 5.57 Å². The Hall–Kier alpha value is -0.590. The van der Waals surface area contributed by atoms with E-state index >= 15 is 0 Å². The zero-order chi connectivity index (χ0) is 5.86. The molecule has 0 aliphatic rings. The Morgan fingerprint density at radius 3 is 2.00 bits per heavy atom. The van der Waals surface area contributed by atoms with Gasteiger partial charge in [0.1, 0.15) is 0 Å². The summed E-state index contributed by atoms with van der Waals surface area (Å²) in [4.78, 5) is 10.1. The molecular formula is C6H9O. The number of ketones is 1. The molecule has 0 unspecified atom stereocenters. The van der Waals surface area contributed by atoms with Crippen LogP contribution in [0, 0.1) is 6.92 Å². The number of rotatable bonds is 1. The highest BCUT2D eigenvalue weighted by atomic mass is 16.1. The molecule has 0 saturated carbocycles. The lowest BCUT2D eigenvalue weighted by molar-refractivity contribution is -0.110. The SMILES string of the molecule is [CH2]C(=O)C=C(C)C. The fourth-order valence-electron chi connectivity index (χ4n) is 0.322. The fraction of sp³-hybridized carbons (Fsp3) is 0.333. The van der Waals surface area contributed by atoms with E-state index < -0.39 is 0 Å². The lowest BCUT2D eigenvalue weighted by atomic mass is 10.3. The zero-order valence-corrected chi connectivity index (χ0v) is 4.69. The molecule has 0 fully saturated rings. The lowest BCUT2D eigenvalue weighted by Gasteiger charge is -1.80. The van der Waals surface area contributed by atoms with Gasteiger partial charge in [-0.2, -0.15) is 0 Å². The average molecular weight is 97.1 g/mol. The van der Waals surface area contributed by atoms with E-state index in [4.69, 9.17) is 0 Å². The van der Waals surface area contributed by atoms with Gasteiger partial charge in [-0.25, -0.2) is 0 Å². The monoisotopic (exact) mass is 97.1 g/mol. The molecule has 0 aliphatic heterocycles. The van der Waals surface area contributed by atoms with Crippen LogP contribution in [-0.4, -0.2) is 5.78 Å². The van der Waals surface area contributed by atoms with Crippen LogP contribution in [0.4, 0.5) is 0 Å². The quantitative estimate of drug-likeness (QED) is 0.451. The van der Waals surface area contributed by atoms with Crippen LogP contribution in [0.25, 0.3) is 0 Å². The van der Waals surface area contributed by atoms with Crippen molar-refractivity contribution in [2.24, 2.45) is 0 Å². The Morgan fingerprint density at radius 1 is 1.57 bits per heavy atom. The van der Waals surface area contributed by atoms with Gasteiger partial charge >= 0.3 is 0 Å². The second kappa shape index (κ2) is 2.56. The van der Waals surface area contributed by atoms with E-state index in [1.807, 2.05) is 13.8 Å². The minimum absolute atomic E-state index is 0.125. The zero-order valence-electron chi connectivity index (χ0n) is 4.69.